The van der Waals surface area contributed by atoms with E-state index < -0.39 is 5.97 Å². The highest BCUT2D eigenvalue weighted by atomic mass is 16.4. The van der Waals surface area contributed by atoms with E-state index in [-0.39, 0.29) is 24.2 Å². The van der Waals surface area contributed by atoms with Crippen molar-refractivity contribution < 1.29 is 19.5 Å². The van der Waals surface area contributed by atoms with Gasteiger partial charge in [0.1, 0.15) is 0 Å². The number of likely N-dealkylation sites (tertiary alicyclic amines) is 1. The van der Waals surface area contributed by atoms with E-state index in [1.54, 1.807) is 36.2 Å². The third kappa shape index (κ3) is 4.55. The largest absolute Gasteiger partial charge is 0.481 e. The summed E-state index contributed by atoms with van der Waals surface area (Å²) in [5, 5.41) is 11.3. The Bertz CT molecular complexity index is 600. The lowest BCUT2D eigenvalue weighted by atomic mass is 9.93. The van der Waals surface area contributed by atoms with Crippen LogP contribution in [0.2, 0.25) is 0 Å². The topological polar surface area (TPSA) is 86.7 Å². The number of carboxylic acids is 1. The minimum atomic E-state index is -0.799. The van der Waals surface area contributed by atoms with Gasteiger partial charge in [0.2, 0.25) is 0 Å². The van der Waals surface area contributed by atoms with Crippen molar-refractivity contribution >= 4 is 17.8 Å². The van der Waals surface area contributed by atoms with Crippen molar-refractivity contribution in [1.29, 1.82) is 0 Å². The molecule has 1 fully saturated rings. The number of hydrogen-bond donors (Lipinski definition) is 2. The van der Waals surface area contributed by atoms with Crippen LogP contribution in [-0.2, 0) is 4.79 Å². The molecule has 2 N–H and O–H groups in total. The van der Waals surface area contributed by atoms with Crippen LogP contribution < -0.4 is 5.32 Å². The Hall–Kier alpha value is -2.37. The molecule has 6 nitrogen and oxygen atoms in total. The summed E-state index contributed by atoms with van der Waals surface area (Å²) in [6.07, 6.45) is 2.57. The molecule has 1 atom stereocenters. The molecule has 0 spiro atoms. The maximum absolute atomic E-state index is 12.6. The molecule has 1 aromatic carbocycles. The second-order valence-corrected chi connectivity index (χ2v) is 5.85. The Morgan fingerprint density at radius 1 is 1.30 bits per heavy atom. The Kier molecular flexibility index (Phi) is 5.73. The van der Waals surface area contributed by atoms with Crippen molar-refractivity contribution in [2.75, 3.05) is 20.1 Å². The molecule has 1 saturated heterocycles. The number of carbonyl (C=O) groups excluding carboxylic acids is 2. The third-order valence-electron chi connectivity index (χ3n) is 4.17. The van der Waals surface area contributed by atoms with E-state index >= 15 is 0 Å². The second-order valence-electron chi connectivity index (χ2n) is 5.85. The molecule has 124 valence electrons. The number of nitrogens with zero attached hydrogens (tertiary/aromatic N) is 1. The van der Waals surface area contributed by atoms with E-state index in [1.807, 2.05) is 0 Å². The molecule has 0 aliphatic carbocycles. The van der Waals surface area contributed by atoms with Crippen LogP contribution in [0.3, 0.4) is 0 Å². The molecule has 1 aliphatic heterocycles. The molecule has 1 aromatic rings. The molecule has 2 amide bonds. The smallest absolute Gasteiger partial charge is 0.303 e. The van der Waals surface area contributed by atoms with Crippen LogP contribution in [0.5, 0.6) is 0 Å². The summed E-state index contributed by atoms with van der Waals surface area (Å²) in [7, 11) is 1.55. The molecular weight excluding hydrogens is 296 g/mol. The number of hydrogen-bond acceptors (Lipinski definition) is 3. The monoisotopic (exact) mass is 318 g/mol. The number of piperidine rings is 1. The van der Waals surface area contributed by atoms with Gasteiger partial charge < -0.3 is 15.3 Å². The average Bonchev–Trinajstić information content (AvgIpc) is 2.59. The van der Waals surface area contributed by atoms with Crippen LogP contribution in [0.15, 0.2) is 24.3 Å². The lowest BCUT2D eigenvalue weighted by Gasteiger charge is -2.32. The fourth-order valence-corrected chi connectivity index (χ4v) is 2.93. The van der Waals surface area contributed by atoms with Gasteiger partial charge in [-0.2, -0.15) is 0 Å². The van der Waals surface area contributed by atoms with Gasteiger partial charge in [-0.05, 0) is 43.4 Å². The number of amides is 2. The molecular formula is C17H22N2O4. The Morgan fingerprint density at radius 3 is 2.74 bits per heavy atom. The van der Waals surface area contributed by atoms with Crippen molar-refractivity contribution in [1.82, 2.24) is 10.2 Å². The third-order valence-corrected chi connectivity index (χ3v) is 4.17. The molecule has 23 heavy (non-hydrogen) atoms. The average molecular weight is 318 g/mol. The van der Waals surface area contributed by atoms with Crippen molar-refractivity contribution in [2.24, 2.45) is 5.92 Å². The van der Waals surface area contributed by atoms with Crippen LogP contribution >= 0.6 is 0 Å². The number of benzene rings is 1. The van der Waals surface area contributed by atoms with Gasteiger partial charge in [-0.25, -0.2) is 0 Å². The first-order valence-corrected chi connectivity index (χ1v) is 7.84. The van der Waals surface area contributed by atoms with Crippen LogP contribution in [0.25, 0.3) is 0 Å². The first-order valence-electron chi connectivity index (χ1n) is 7.84. The minimum absolute atomic E-state index is 0.101. The van der Waals surface area contributed by atoms with Gasteiger partial charge in [-0.1, -0.05) is 6.07 Å². The zero-order chi connectivity index (χ0) is 16.8. The van der Waals surface area contributed by atoms with Crippen LogP contribution in [-0.4, -0.2) is 47.9 Å². The van der Waals surface area contributed by atoms with Crippen LogP contribution in [0.1, 0.15) is 46.4 Å². The SMILES string of the molecule is CNC(=O)c1cccc(C(=O)N2CCCC(CCC(=O)O)C2)c1. The Morgan fingerprint density at radius 2 is 2.04 bits per heavy atom. The van der Waals surface area contributed by atoms with Gasteiger partial charge in [0.25, 0.3) is 11.8 Å². The van der Waals surface area contributed by atoms with E-state index in [9.17, 15) is 14.4 Å². The Balaban J connectivity index is 2.04. The number of carbonyl (C=O) groups is 3. The maximum atomic E-state index is 12.6. The molecule has 0 saturated carbocycles. The fourth-order valence-electron chi connectivity index (χ4n) is 2.93. The highest BCUT2D eigenvalue weighted by Gasteiger charge is 2.25. The molecule has 2 rings (SSSR count). The molecule has 0 aromatic heterocycles. The second kappa shape index (κ2) is 7.76. The van der Waals surface area contributed by atoms with Crippen molar-refractivity contribution in [3.63, 3.8) is 0 Å². The number of rotatable bonds is 5. The summed E-state index contributed by atoms with van der Waals surface area (Å²) >= 11 is 0. The van der Waals surface area contributed by atoms with Crippen molar-refractivity contribution in [2.45, 2.75) is 25.7 Å². The lowest BCUT2D eigenvalue weighted by molar-refractivity contribution is -0.137. The molecule has 0 bridgehead atoms. The van der Waals surface area contributed by atoms with E-state index in [4.69, 9.17) is 5.11 Å². The fraction of sp³-hybridized carbons (Fsp3) is 0.471. The predicted molar refractivity (Wildman–Crippen MR) is 85.3 cm³/mol. The normalized spacial score (nSPS) is 17.6. The number of aliphatic carboxylic acids is 1. The quantitative estimate of drug-likeness (QED) is 0.866. The van der Waals surface area contributed by atoms with E-state index in [0.717, 1.165) is 12.8 Å². The highest BCUT2D eigenvalue weighted by molar-refractivity contribution is 5.99. The van der Waals surface area contributed by atoms with Gasteiger partial charge in [0.05, 0.1) is 0 Å². The number of carboxylic acid groups (broad SMARTS) is 1. The van der Waals surface area contributed by atoms with Gasteiger partial charge >= 0.3 is 5.97 Å². The summed E-state index contributed by atoms with van der Waals surface area (Å²) in [6, 6.07) is 6.67. The van der Waals surface area contributed by atoms with E-state index in [0.29, 0.717) is 30.6 Å². The molecule has 6 heteroatoms. The summed E-state index contributed by atoms with van der Waals surface area (Å²) in [4.78, 5) is 36.8. The first-order chi connectivity index (χ1) is 11.0. The number of nitrogens with one attached hydrogen (secondary N) is 1. The standard InChI is InChI=1S/C17H22N2O4/c1-18-16(22)13-5-2-6-14(10-13)17(23)19-9-3-4-12(11-19)7-8-15(20)21/h2,5-6,10,12H,3-4,7-9,11H2,1H3,(H,18,22)(H,20,21). The predicted octanol–water partition coefficient (Wildman–Crippen LogP) is 1.76. The van der Waals surface area contributed by atoms with E-state index in [1.165, 1.54) is 0 Å². The van der Waals surface area contributed by atoms with Crippen LogP contribution in [0.4, 0.5) is 0 Å². The molecule has 0 radical (unpaired) electrons. The van der Waals surface area contributed by atoms with Gasteiger partial charge in [-0.3, -0.25) is 14.4 Å². The van der Waals surface area contributed by atoms with Gasteiger partial charge in [-0.15, -0.1) is 0 Å². The van der Waals surface area contributed by atoms with Crippen molar-refractivity contribution in [3.8, 4) is 0 Å². The summed E-state index contributed by atoms with van der Waals surface area (Å²) in [6.45, 7) is 1.25. The van der Waals surface area contributed by atoms with Gasteiger partial charge in [0, 0.05) is 37.7 Å². The van der Waals surface area contributed by atoms with Gasteiger partial charge in [0.15, 0.2) is 0 Å². The molecule has 1 heterocycles. The van der Waals surface area contributed by atoms with Crippen LogP contribution in [0, 0.1) is 5.92 Å². The zero-order valence-corrected chi connectivity index (χ0v) is 13.2. The first kappa shape index (κ1) is 17.0. The van der Waals surface area contributed by atoms with E-state index in [2.05, 4.69) is 5.32 Å². The lowest BCUT2D eigenvalue weighted by Crippen LogP contribution is -2.40. The summed E-state index contributed by atoms with van der Waals surface area (Å²) in [5.74, 6) is -0.897. The zero-order valence-electron chi connectivity index (χ0n) is 13.2. The summed E-state index contributed by atoms with van der Waals surface area (Å²) < 4.78 is 0. The Labute approximate surface area is 135 Å². The molecule has 1 aliphatic rings. The molecule has 1 unspecified atom stereocenters. The maximum Gasteiger partial charge on any atom is 0.303 e. The highest BCUT2D eigenvalue weighted by Crippen LogP contribution is 2.22. The minimum Gasteiger partial charge on any atom is -0.481 e. The van der Waals surface area contributed by atoms with Crippen molar-refractivity contribution in [3.05, 3.63) is 35.4 Å². The summed E-state index contributed by atoms with van der Waals surface area (Å²) in [5.41, 5.74) is 0.947.